The minimum atomic E-state index is -3.99. The van der Waals surface area contributed by atoms with E-state index in [1.54, 1.807) is 17.9 Å². The van der Waals surface area contributed by atoms with Gasteiger partial charge in [-0.2, -0.15) is 0 Å². The van der Waals surface area contributed by atoms with Crippen molar-refractivity contribution >= 4 is 21.6 Å². The molecule has 1 aliphatic rings. The van der Waals surface area contributed by atoms with E-state index in [1.807, 2.05) is 14.0 Å². The highest BCUT2D eigenvalue weighted by Crippen LogP contribution is 2.31. The first kappa shape index (κ1) is 24.0. The third kappa shape index (κ3) is 5.20. The minimum Gasteiger partial charge on any atom is -0.488 e. The fourth-order valence-corrected chi connectivity index (χ4v) is 4.61. The molecule has 1 heterocycles. The van der Waals surface area contributed by atoms with E-state index < -0.39 is 21.9 Å². The Morgan fingerprint density at radius 2 is 1.94 bits per heavy atom. The number of hydrogen-bond donors (Lipinski definition) is 3. The SMILES string of the molecule is CNC[C@@H]1Oc2ccc(NS(=O)(=O)c3ccc(F)cc3)cc2C(=O)N([C@@H](C)CO)C[C@H]1C. The molecule has 0 radical (unpaired) electrons. The summed E-state index contributed by atoms with van der Waals surface area (Å²) < 4.78 is 47.1. The molecule has 10 heteroatoms. The van der Waals surface area contributed by atoms with E-state index in [-0.39, 0.29) is 40.7 Å². The molecule has 0 saturated carbocycles. The van der Waals surface area contributed by atoms with Gasteiger partial charge in [0, 0.05) is 24.7 Å². The van der Waals surface area contributed by atoms with Gasteiger partial charge in [-0.1, -0.05) is 6.92 Å². The number of likely N-dealkylation sites (N-methyl/N-ethyl adjacent to an activating group) is 1. The Balaban J connectivity index is 1.99. The molecule has 0 aliphatic carbocycles. The first-order valence-corrected chi connectivity index (χ1v) is 11.8. The molecule has 0 fully saturated rings. The van der Waals surface area contributed by atoms with Crippen molar-refractivity contribution in [2.24, 2.45) is 5.92 Å². The van der Waals surface area contributed by atoms with E-state index in [0.717, 1.165) is 24.3 Å². The number of carbonyl (C=O) groups is 1. The third-order valence-corrected chi connectivity index (χ3v) is 6.84. The molecule has 1 amide bonds. The number of anilines is 1. The fraction of sp³-hybridized carbons (Fsp3) is 0.409. The van der Waals surface area contributed by atoms with Crippen LogP contribution in [0.25, 0.3) is 0 Å². The number of carbonyl (C=O) groups excluding carboxylic acids is 1. The number of nitrogens with one attached hydrogen (secondary N) is 2. The van der Waals surface area contributed by atoms with E-state index >= 15 is 0 Å². The van der Waals surface area contributed by atoms with Crippen molar-refractivity contribution < 1.29 is 27.4 Å². The van der Waals surface area contributed by atoms with Crippen molar-refractivity contribution in [3.8, 4) is 5.75 Å². The second kappa shape index (κ2) is 9.85. The molecule has 3 atom stereocenters. The third-order valence-electron chi connectivity index (χ3n) is 5.45. The molecular weight excluding hydrogens is 437 g/mol. The predicted molar refractivity (Wildman–Crippen MR) is 119 cm³/mol. The van der Waals surface area contributed by atoms with Gasteiger partial charge in [-0.3, -0.25) is 9.52 Å². The maximum atomic E-state index is 13.3. The number of nitrogens with zero attached hydrogens (tertiary/aromatic N) is 1. The van der Waals surface area contributed by atoms with E-state index in [1.165, 1.54) is 12.1 Å². The molecule has 0 aromatic heterocycles. The van der Waals surface area contributed by atoms with Crippen LogP contribution in [0.1, 0.15) is 24.2 Å². The van der Waals surface area contributed by atoms with Gasteiger partial charge in [0.25, 0.3) is 15.9 Å². The highest BCUT2D eigenvalue weighted by atomic mass is 32.2. The summed E-state index contributed by atoms with van der Waals surface area (Å²) in [5.74, 6) is -0.581. The van der Waals surface area contributed by atoms with Crippen LogP contribution in [-0.2, 0) is 10.0 Å². The van der Waals surface area contributed by atoms with Crippen LogP contribution < -0.4 is 14.8 Å². The van der Waals surface area contributed by atoms with Gasteiger partial charge >= 0.3 is 0 Å². The Morgan fingerprint density at radius 3 is 2.56 bits per heavy atom. The van der Waals surface area contributed by atoms with Gasteiger partial charge in [0.15, 0.2) is 0 Å². The molecule has 2 aromatic carbocycles. The molecule has 2 aromatic rings. The molecule has 8 nitrogen and oxygen atoms in total. The fourth-order valence-electron chi connectivity index (χ4n) is 3.56. The molecule has 174 valence electrons. The first-order chi connectivity index (χ1) is 15.2. The van der Waals surface area contributed by atoms with E-state index in [4.69, 9.17) is 4.74 Å². The predicted octanol–water partition coefficient (Wildman–Crippen LogP) is 2.07. The van der Waals surface area contributed by atoms with Gasteiger partial charge in [0.2, 0.25) is 0 Å². The lowest BCUT2D eigenvalue weighted by Gasteiger charge is -2.37. The number of aliphatic hydroxyl groups is 1. The number of ether oxygens (including phenoxy) is 1. The second-order valence-electron chi connectivity index (χ2n) is 7.95. The summed E-state index contributed by atoms with van der Waals surface area (Å²) in [6.07, 6.45) is -0.234. The van der Waals surface area contributed by atoms with Crippen LogP contribution in [-0.4, -0.2) is 63.2 Å². The van der Waals surface area contributed by atoms with Crippen LogP contribution in [0.5, 0.6) is 5.75 Å². The van der Waals surface area contributed by atoms with Gasteiger partial charge in [-0.25, -0.2) is 12.8 Å². The molecule has 1 aliphatic heterocycles. The van der Waals surface area contributed by atoms with Crippen LogP contribution in [0.3, 0.4) is 0 Å². The van der Waals surface area contributed by atoms with Gasteiger partial charge in [0.05, 0.1) is 23.1 Å². The van der Waals surface area contributed by atoms with Crippen molar-refractivity contribution in [1.29, 1.82) is 0 Å². The smallest absolute Gasteiger partial charge is 0.261 e. The van der Waals surface area contributed by atoms with Crippen molar-refractivity contribution in [3.05, 3.63) is 53.8 Å². The van der Waals surface area contributed by atoms with E-state index in [2.05, 4.69) is 10.0 Å². The number of aliphatic hydroxyl groups excluding tert-OH is 1. The summed E-state index contributed by atoms with van der Waals surface area (Å²) in [6.45, 7) is 4.44. The molecule has 0 unspecified atom stereocenters. The van der Waals surface area contributed by atoms with E-state index in [9.17, 15) is 22.7 Å². The molecule has 0 spiro atoms. The van der Waals surface area contributed by atoms with Crippen LogP contribution in [0.15, 0.2) is 47.4 Å². The summed E-state index contributed by atoms with van der Waals surface area (Å²) in [7, 11) is -2.18. The lowest BCUT2D eigenvalue weighted by atomic mass is 9.99. The lowest BCUT2D eigenvalue weighted by molar-refractivity contribution is 0.0416. The molecule has 32 heavy (non-hydrogen) atoms. The molecule has 0 bridgehead atoms. The quantitative estimate of drug-likeness (QED) is 0.578. The number of benzene rings is 2. The Bertz CT molecular complexity index is 1060. The Hall–Kier alpha value is -2.69. The van der Waals surface area contributed by atoms with Crippen molar-refractivity contribution in [2.75, 3.05) is 31.5 Å². The monoisotopic (exact) mass is 465 g/mol. The van der Waals surface area contributed by atoms with Crippen LogP contribution in [0, 0.1) is 11.7 Å². The van der Waals surface area contributed by atoms with Crippen molar-refractivity contribution in [3.63, 3.8) is 0 Å². The summed E-state index contributed by atoms with van der Waals surface area (Å²) in [5, 5.41) is 12.8. The Kier molecular flexibility index (Phi) is 7.37. The topological polar surface area (TPSA) is 108 Å². The number of sulfonamides is 1. The zero-order valence-electron chi connectivity index (χ0n) is 18.2. The van der Waals surface area contributed by atoms with Crippen molar-refractivity contribution in [2.45, 2.75) is 30.9 Å². The number of rotatable bonds is 7. The average Bonchev–Trinajstić information content (AvgIpc) is 2.76. The van der Waals surface area contributed by atoms with Gasteiger partial charge in [0.1, 0.15) is 17.7 Å². The summed E-state index contributed by atoms with van der Waals surface area (Å²) in [6, 6.07) is 8.50. The maximum Gasteiger partial charge on any atom is 0.261 e. The first-order valence-electron chi connectivity index (χ1n) is 10.3. The number of fused-ring (bicyclic) bond motifs is 1. The van der Waals surface area contributed by atoms with Gasteiger partial charge < -0.3 is 20.1 Å². The molecule has 3 rings (SSSR count). The maximum absolute atomic E-state index is 13.3. The second-order valence-corrected chi connectivity index (χ2v) is 9.63. The largest absolute Gasteiger partial charge is 0.488 e. The molecular formula is C22H28FN3O5S. The number of amides is 1. The highest BCUT2D eigenvalue weighted by molar-refractivity contribution is 7.92. The standard InChI is InChI=1S/C22H28FN3O5S/c1-14-12-26(15(2)13-27)22(28)19-10-17(6-9-20(19)31-21(14)11-24-3)25-32(29,30)18-7-4-16(23)5-8-18/h4-10,14-15,21,24-25,27H,11-13H2,1-3H3/t14-,15+,21+/m1/s1. The van der Waals surface area contributed by atoms with Crippen LogP contribution >= 0.6 is 0 Å². The summed E-state index contributed by atoms with van der Waals surface area (Å²) in [4.78, 5) is 14.8. The van der Waals surface area contributed by atoms with E-state index in [0.29, 0.717) is 18.8 Å². The molecule has 3 N–H and O–H groups in total. The Labute approximate surface area is 187 Å². The van der Waals surface area contributed by atoms with Gasteiger partial charge in [-0.05, 0) is 56.4 Å². The zero-order valence-corrected chi connectivity index (χ0v) is 19.0. The number of hydrogen-bond acceptors (Lipinski definition) is 6. The van der Waals surface area contributed by atoms with Gasteiger partial charge in [-0.15, -0.1) is 0 Å². The zero-order chi connectivity index (χ0) is 23.5. The summed E-state index contributed by atoms with van der Waals surface area (Å²) >= 11 is 0. The number of halogens is 1. The Morgan fingerprint density at radius 1 is 1.25 bits per heavy atom. The van der Waals surface area contributed by atoms with Crippen molar-refractivity contribution in [1.82, 2.24) is 10.2 Å². The lowest BCUT2D eigenvalue weighted by Crippen LogP contribution is -2.49. The normalized spacial score (nSPS) is 20.0. The average molecular weight is 466 g/mol. The molecule has 0 saturated heterocycles. The van der Waals surface area contributed by atoms with Crippen LogP contribution in [0.2, 0.25) is 0 Å². The highest BCUT2D eigenvalue weighted by Gasteiger charge is 2.33. The van der Waals surface area contributed by atoms with Crippen LogP contribution in [0.4, 0.5) is 10.1 Å². The summed E-state index contributed by atoms with van der Waals surface area (Å²) in [5.41, 5.74) is 0.359. The minimum absolute atomic E-state index is 0.00907.